The molecule has 2 aliphatic rings. The molecule has 0 radical (unpaired) electrons. The van der Waals surface area contributed by atoms with Crippen molar-refractivity contribution in [3.8, 4) is 0 Å². The van der Waals surface area contributed by atoms with Crippen molar-refractivity contribution in [2.75, 3.05) is 19.7 Å². The molecular weight excluding hydrogens is 342 g/mol. The number of aromatic amines is 1. The molecule has 10 heteroatoms. The SMILES string of the molecule is CCC(C)C1COC(=O)N1C1CCN(C(=O)c2cc([N+](=O)[O-])[nH]n2)CC1. The van der Waals surface area contributed by atoms with Gasteiger partial charge in [0.25, 0.3) is 5.91 Å². The highest BCUT2D eigenvalue weighted by molar-refractivity contribution is 5.92. The largest absolute Gasteiger partial charge is 0.447 e. The second-order valence-electron chi connectivity index (χ2n) is 6.86. The van der Waals surface area contributed by atoms with Gasteiger partial charge in [-0.25, -0.2) is 4.79 Å². The van der Waals surface area contributed by atoms with Gasteiger partial charge >= 0.3 is 11.9 Å². The lowest BCUT2D eigenvalue weighted by molar-refractivity contribution is -0.389. The number of aromatic nitrogens is 2. The number of ether oxygens (including phenoxy) is 1. The molecule has 0 saturated carbocycles. The van der Waals surface area contributed by atoms with Crippen LogP contribution in [-0.4, -0.2) is 68.7 Å². The second kappa shape index (κ2) is 7.30. The number of carbonyl (C=O) groups is 2. The van der Waals surface area contributed by atoms with Crippen molar-refractivity contribution in [2.24, 2.45) is 5.92 Å². The zero-order valence-electron chi connectivity index (χ0n) is 14.9. The maximum Gasteiger partial charge on any atom is 0.410 e. The van der Waals surface area contributed by atoms with Crippen molar-refractivity contribution in [1.82, 2.24) is 20.0 Å². The minimum atomic E-state index is -0.621. The van der Waals surface area contributed by atoms with Gasteiger partial charge in [-0.05, 0) is 23.7 Å². The molecule has 0 bridgehead atoms. The Morgan fingerprint density at radius 1 is 1.50 bits per heavy atom. The number of nitro groups is 1. The maximum absolute atomic E-state index is 12.5. The fourth-order valence-electron chi connectivity index (χ4n) is 3.60. The molecule has 2 amide bonds. The lowest BCUT2D eigenvalue weighted by Gasteiger charge is -2.38. The quantitative estimate of drug-likeness (QED) is 0.627. The molecule has 2 fully saturated rings. The van der Waals surface area contributed by atoms with Crippen LogP contribution in [0.3, 0.4) is 0 Å². The molecule has 2 saturated heterocycles. The van der Waals surface area contributed by atoms with Crippen molar-refractivity contribution >= 4 is 17.8 Å². The summed E-state index contributed by atoms with van der Waals surface area (Å²) in [7, 11) is 0. The van der Waals surface area contributed by atoms with E-state index in [0.717, 1.165) is 12.5 Å². The Bertz CT molecular complexity index is 697. The third-order valence-electron chi connectivity index (χ3n) is 5.37. The van der Waals surface area contributed by atoms with Crippen molar-refractivity contribution in [2.45, 2.75) is 45.2 Å². The molecule has 1 N–H and O–H groups in total. The summed E-state index contributed by atoms with van der Waals surface area (Å²) in [4.78, 5) is 38.2. The lowest BCUT2D eigenvalue weighted by atomic mass is 9.95. The van der Waals surface area contributed by atoms with Crippen LogP contribution in [0.5, 0.6) is 0 Å². The van der Waals surface area contributed by atoms with E-state index in [1.165, 1.54) is 0 Å². The van der Waals surface area contributed by atoms with Crippen LogP contribution in [0.4, 0.5) is 10.6 Å². The highest BCUT2D eigenvalue weighted by Crippen LogP contribution is 2.29. The highest BCUT2D eigenvalue weighted by atomic mass is 16.6. The molecule has 0 spiro atoms. The Hall–Kier alpha value is -2.65. The number of carbonyl (C=O) groups excluding carboxylic acids is 2. The summed E-state index contributed by atoms with van der Waals surface area (Å²) in [6.45, 7) is 5.57. The van der Waals surface area contributed by atoms with Crippen LogP contribution >= 0.6 is 0 Å². The van der Waals surface area contributed by atoms with Crippen LogP contribution in [-0.2, 0) is 4.74 Å². The first-order valence-electron chi connectivity index (χ1n) is 8.86. The number of amides is 2. The van der Waals surface area contributed by atoms with E-state index in [1.807, 2.05) is 4.90 Å². The molecule has 0 aliphatic carbocycles. The summed E-state index contributed by atoms with van der Waals surface area (Å²) in [6.07, 6.45) is 2.00. The van der Waals surface area contributed by atoms with Gasteiger partial charge in [0.2, 0.25) is 0 Å². The molecule has 2 unspecified atom stereocenters. The van der Waals surface area contributed by atoms with Crippen molar-refractivity contribution in [3.05, 3.63) is 21.9 Å². The zero-order chi connectivity index (χ0) is 18.8. The highest BCUT2D eigenvalue weighted by Gasteiger charge is 2.41. The molecule has 2 aliphatic heterocycles. The third kappa shape index (κ3) is 3.35. The van der Waals surface area contributed by atoms with Gasteiger partial charge < -0.3 is 19.8 Å². The van der Waals surface area contributed by atoms with Gasteiger partial charge in [0.15, 0.2) is 5.69 Å². The molecule has 3 heterocycles. The zero-order valence-corrected chi connectivity index (χ0v) is 14.9. The second-order valence-corrected chi connectivity index (χ2v) is 6.86. The Morgan fingerprint density at radius 2 is 2.19 bits per heavy atom. The number of nitrogens with one attached hydrogen (secondary N) is 1. The van der Waals surface area contributed by atoms with E-state index >= 15 is 0 Å². The average molecular weight is 365 g/mol. The number of rotatable bonds is 5. The van der Waals surface area contributed by atoms with Gasteiger partial charge in [-0.15, -0.1) is 5.10 Å². The van der Waals surface area contributed by atoms with E-state index in [2.05, 4.69) is 24.0 Å². The predicted octanol–water partition coefficient (Wildman–Crippen LogP) is 1.79. The first kappa shape index (κ1) is 18.2. The summed E-state index contributed by atoms with van der Waals surface area (Å²) >= 11 is 0. The monoisotopic (exact) mass is 365 g/mol. The number of likely N-dealkylation sites (tertiary alicyclic amines) is 1. The fourth-order valence-corrected chi connectivity index (χ4v) is 3.60. The van der Waals surface area contributed by atoms with E-state index in [1.54, 1.807) is 4.90 Å². The van der Waals surface area contributed by atoms with Crippen LogP contribution in [0.25, 0.3) is 0 Å². The molecule has 1 aromatic rings. The number of H-pyrrole nitrogens is 1. The van der Waals surface area contributed by atoms with Gasteiger partial charge in [-0.2, -0.15) is 0 Å². The molecule has 142 valence electrons. The van der Waals surface area contributed by atoms with Gasteiger partial charge in [-0.3, -0.25) is 9.69 Å². The molecule has 10 nitrogen and oxygen atoms in total. The standard InChI is InChI=1S/C16H23N5O5/c1-3-10(2)13-9-26-16(23)20(13)11-4-6-19(7-5-11)15(22)12-8-14(18-17-12)21(24)25/h8,10-11,13H,3-7,9H2,1-2H3,(H,17,18). The summed E-state index contributed by atoms with van der Waals surface area (Å²) < 4.78 is 5.25. The minimum absolute atomic E-state index is 0.0354. The van der Waals surface area contributed by atoms with E-state index in [4.69, 9.17) is 4.74 Å². The number of cyclic esters (lactones) is 1. The third-order valence-corrected chi connectivity index (χ3v) is 5.37. The van der Waals surface area contributed by atoms with Crippen LogP contribution in [0.1, 0.15) is 43.6 Å². The van der Waals surface area contributed by atoms with E-state index < -0.39 is 4.92 Å². The maximum atomic E-state index is 12.5. The van der Waals surface area contributed by atoms with E-state index in [9.17, 15) is 19.7 Å². The van der Waals surface area contributed by atoms with E-state index in [-0.39, 0.29) is 35.6 Å². The Morgan fingerprint density at radius 3 is 2.77 bits per heavy atom. The summed E-state index contributed by atoms with van der Waals surface area (Å²) in [6, 6.07) is 1.26. The molecule has 2 atom stereocenters. The van der Waals surface area contributed by atoms with Crippen LogP contribution in [0.15, 0.2) is 6.07 Å². The molecule has 1 aromatic heterocycles. The predicted molar refractivity (Wildman–Crippen MR) is 90.6 cm³/mol. The van der Waals surface area contributed by atoms with Crippen LogP contribution in [0.2, 0.25) is 0 Å². The van der Waals surface area contributed by atoms with Gasteiger partial charge in [0.05, 0.1) is 12.1 Å². The Kier molecular flexibility index (Phi) is 5.10. The minimum Gasteiger partial charge on any atom is -0.447 e. The first-order chi connectivity index (χ1) is 12.4. The molecular formula is C16H23N5O5. The lowest BCUT2D eigenvalue weighted by Crippen LogP contribution is -2.51. The van der Waals surface area contributed by atoms with Gasteiger partial charge in [-0.1, -0.05) is 25.4 Å². The Balaban J connectivity index is 1.62. The summed E-state index contributed by atoms with van der Waals surface area (Å²) in [5, 5.41) is 16.7. The van der Waals surface area contributed by atoms with Gasteiger partial charge in [0.1, 0.15) is 6.61 Å². The average Bonchev–Trinajstić information content (AvgIpc) is 3.28. The molecule has 3 rings (SSSR count). The van der Waals surface area contributed by atoms with Crippen molar-refractivity contribution in [1.29, 1.82) is 0 Å². The molecule has 0 aromatic carbocycles. The number of nitrogens with zero attached hydrogens (tertiary/aromatic N) is 4. The summed E-state index contributed by atoms with van der Waals surface area (Å²) in [5.74, 6) is -0.291. The van der Waals surface area contributed by atoms with Crippen molar-refractivity contribution in [3.63, 3.8) is 0 Å². The summed E-state index contributed by atoms with van der Waals surface area (Å²) in [5.41, 5.74) is 0.0354. The topological polar surface area (TPSA) is 122 Å². The Labute approximate surface area is 150 Å². The normalized spacial score (nSPS) is 22.4. The van der Waals surface area contributed by atoms with Gasteiger partial charge in [0, 0.05) is 19.1 Å². The fraction of sp³-hybridized carbons (Fsp3) is 0.688. The first-order valence-corrected chi connectivity index (χ1v) is 8.86. The number of piperidine rings is 1. The van der Waals surface area contributed by atoms with Crippen molar-refractivity contribution < 1.29 is 19.2 Å². The smallest absolute Gasteiger partial charge is 0.410 e. The number of hydrogen-bond donors (Lipinski definition) is 1. The molecule has 26 heavy (non-hydrogen) atoms. The van der Waals surface area contributed by atoms with E-state index in [0.29, 0.717) is 38.5 Å². The number of hydrogen-bond acceptors (Lipinski definition) is 6. The van der Waals surface area contributed by atoms with Crippen LogP contribution < -0.4 is 0 Å². The van der Waals surface area contributed by atoms with Crippen LogP contribution in [0, 0.1) is 16.0 Å².